The molecule has 2 rings (SSSR count). The van der Waals surface area contributed by atoms with Gasteiger partial charge in [0.25, 0.3) is 0 Å². The Morgan fingerprint density at radius 1 is 1.41 bits per heavy atom. The molecule has 0 fully saturated rings. The van der Waals surface area contributed by atoms with Crippen LogP contribution in [0.4, 0.5) is 11.6 Å². The smallest absolute Gasteiger partial charge is 0.207 e. The fourth-order valence-corrected chi connectivity index (χ4v) is 1.73. The van der Waals surface area contributed by atoms with Crippen molar-refractivity contribution in [1.82, 2.24) is 9.55 Å². The molecule has 0 unspecified atom stereocenters. The van der Waals surface area contributed by atoms with Crippen LogP contribution in [0, 0.1) is 6.92 Å². The zero-order valence-electron chi connectivity index (χ0n) is 10.4. The number of nitrogens with one attached hydrogen (secondary N) is 1. The molecule has 1 aromatic carbocycles. The summed E-state index contributed by atoms with van der Waals surface area (Å²) >= 11 is 0. The van der Waals surface area contributed by atoms with E-state index in [1.165, 1.54) is 5.56 Å². The van der Waals surface area contributed by atoms with Gasteiger partial charge in [-0.2, -0.15) is 0 Å². The summed E-state index contributed by atoms with van der Waals surface area (Å²) < 4.78 is 7.37. The second-order valence-electron chi connectivity index (χ2n) is 3.87. The first kappa shape index (κ1) is 11.5. The highest BCUT2D eigenvalue weighted by Gasteiger charge is 2.06. The molecule has 0 radical (unpaired) electrons. The molecule has 2 aromatic rings. The molecule has 17 heavy (non-hydrogen) atoms. The van der Waals surface area contributed by atoms with E-state index in [2.05, 4.69) is 24.1 Å². The Kier molecular flexibility index (Phi) is 3.32. The summed E-state index contributed by atoms with van der Waals surface area (Å²) in [6, 6.07) is 6.03. The maximum atomic E-state index is 5.32. The monoisotopic (exact) mass is 231 g/mol. The Balaban J connectivity index is 2.32. The second kappa shape index (κ2) is 4.91. The van der Waals surface area contributed by atoms with Gasteiger partial charge in [0.05, 0.1) is 12.8 Å². The van der Waals surface area contributed by atoms with Gasteiger partial charge < -0.3 is 14.6 Å². The van der Waals surface area contributed by atoms with Crippen LogP contribution in [0.1, 0.15) is 12.5 Å². The van der Waals surface area contributed by atoms with E-state index in [4.69, 9.17) is 4.74 Å². The molecular weight excluding hydrogens is 214 g/mol. The number of aromatic nitrogens is 2. The van der Waals surface area contributed by atoms with Gasteiger partial charge in [-0.05, 0) is 31.5 Å². The Morgan fingerprint density at radius 3 is 2.94 bits per heavy atom. The number of hydrogen-bond acceptors (Lipinski definition) is 3. The van der Waals surface area contributed by atoms with E-state index in [9.17, 15) is 0 Å². The van der Waals surface area contributed by atoms with Gasteiger partial charge in [-0.1, -0.05) is 6.07 Å². The summed E-state index contributed by atoms with van der Waals surface area (Å²) in [5, 5.41) is 3.29. The van der Waals surface area contributed by atoms with Crippen molar-refractivity contribution in [2.24, 2.45) is 0 Å². The number of nitrogens with zero attached hydrogens (tertiary/aromatic N) is 2. The number of hydrogen-bond donors (Lipinski definition) is 1. The molecule has 0 spiro atoms. The third-order valence-electron chi connectivity index (χ3n) is 2.66. The second-order valence-corrected chi connectivity index (χ2v) is 3.87. The van der Waals surface area contributed by atoms with E-state index in [0.29, 0.717) is 0 Å². The third-order valence-corrected chi connectivity index (χ3v) is 2.66. The minimum absolute atomic E-state index is 0.821. The predicted molar refractivity (Wildman–Crippen MR) is 68.9 cm³/mol. The zero-order chi connectivity index (χ0) is 12.3. The summed E-state index contributed by atoms with van der Waals surface area (Å²) in [4.78, 5) is 4.28. The van der Waals surface area contributed by atoms with Crippen molar-refractivity contribution in [3.05, 3.63) is 36.2 Å². The molecule has 0 saturated heterocycles. The van der Waals surface area contributed by atoms with Crippen LogP contribution in [0.15, 0.2) is 30.6 Å². The third kappa shape index (κ3) is 2.41. The quantitative estimate of drug-likeness (QED) is 0.879. The molecule has 90 valence electrons. The van der Waals surface area contributed by atoms with Crippen LogP contribution in [-0.4, -0.2) is 16.7 Å². The number of rotatable bonds is 4. The number of imidazole rings is 1. The Morgan fingerprint density at radius 2 is 2.24 bits per heavy atom. The lowest BCUT2D eigenvalue weighted by atomic mass is 10.2. The summed E-state index contributed by atoms with van der Waals surface area (Å²) in [5.74, 6) is 1.65. The van der Waals surface area contributed by atoms with E-state index >= 15 is 0 Å². The van der Waals surface area contributed by atoms with E-state index < -0.39 is 0 Å². The van der Waals surface area contributed by atoms with E-state index in [0.717, 1.165) is 23.9 Å². The van der Waals surface area contributed by atoms with Crippen molar-refractivity contribution in [3.63, 3.8) is 0 Å². The summed E-state index contributed by atoms with van der Waals surface area (Å²) in [6.45, 7) is 5.02. The molecule has 1 heterocycles. The van der Waals surface area contributed by atoms with Crippen molar-refractivity contribution in [2.75, 3.05) is 12.4 Å². The number of benzene rings is 1. The van der Waals surface area contributed by atoms with Crippen molar-refractivity contribution in [2.45, 2.75) is 20.4 Å². The van der Waals surface area contributed by atoms with Crippen molar-refractivity contribution in [3.8, 4) is 5.75 Å². The fourth-order valence-electron chi connectivity index (χ4n) is 1.73. The average molecular weight is 231 g/mol. The largest absolute Gasteiger partial charge is 0.495 e. The van der Waals surface area contributed by atoms with Crippen LogP contribution < -0.4 is 10.1 Å². The SMILES string of the molecule is CCn1ccnc1Nc1cc(C)ccc1OC. The van der Waals surface area contributed by atoms with Gasteiger partial charge in [-0.25, -0.2) is 4.98 Å². The average Bonchev–Trinajstić information content (AvgIpc) is 2.77. The summed E-state index contributed by atoms with van der Waals surface area (Å²) in [7, 11) is 1.67. The molecule has 0 aliphatic rings. The van der Waals surface area contributed by atoms with Crippen LogP contribution in [0.3, 0.4) is 0 Å². The normalized spacial score (nSPS) is 10.3. The predicted octanol–water partition coefficient (Wildman–Crippen LogP) is 2.96. The summed E-state index contributed by atoms with van der Waals surface area (Å²) in [6.07, 6.45) is 3.73. The molecule has 0 aliphatic heterocycles. The molecule has 0 saturated carbocycles. The number of ether oxygens (including phenoxy) is 1. The molecule has 1 aromatic heterocycles. The maximum Gasteiger partial charge on any atom is 0.207 e. The highest BCUT2D eigenvalue weighted by atomic mass is 16.5. The van der Waals surface area contributed by atoms with Gasteiger partial charge in [0, 0.05) is 18.9 Å². The Labute approximate surface area is 101 Å². The van der Waals surface area contributed by atoms with E-state index in [1.54, 1.807) is 13.3 Å². The number of methoxy groups -OCH3 is 1. The minimum Gasteiger partial charge on any atom is -0.495 e. The van der Waals surface area contributed by atoms with Crippen molar-refractivity contribution >= 4 is 11.6 Å². The van der Waals surface area contributed by atoms with Crippen LogP contribution in [0.5, 0.6) is 5.75 Å². The Bertz CT molecular complexity index is 505. The first-order chi connectivity index (χ1) is 8.24. The van der Waals surface area contributed by atoms with Gasteiger partial charge in [-0.15, -0.1) is 0 Å². The standard InChI is InChI=1S/C13H17N3O/c1-4-16-8-7-14-13(16)15-11-9-10(2)5-6-12(11)17-3/h5-9H,4H2,1-3H3,(H,14,15). The van der Waals surface area contributed by atoms with Gasteiger partial charge in [0.15, 0.2) is 0 Å². The minimum atomic E-state index is 0.821. The maximum absolute atomic E-state index is 5.32. The highest BCUT2D eigenvalue weighted by Crippen LogP contribution is 2.27. The van der Waals surface area contributed by atoms with Crippen LogP contribution in [-0.2, 0) is 6.54 Å². The van der Waals surface area contributed by atoms with Crippen molar-refractivity contribution < 1.29 is 4.74 Å². The first-order valence-corrected chi connectivity index (χ1v) is 5.67. The van der Waals surface area contributed by atoms with Crippen molar-refractivity contribution in [1.29, 1.82) is 0 Å². The topological polar surface area (TPSA) is 39.1 Å². The molecular formula is C13H17N3O. The molecule has 1 N–H and O–H groups in total. The number of aryl methyl sites for hydroxylation is 2. The zero-order valence-corrected chi connectivity index (χ0v) is 10.4. The van der Waals surface area contributed by atoms with Gasteiger partial charge in [0.2, 0.25) is 5.95 Å². The summed E-state index contributed by atoms with van der Waals surface area (Å²) in [5.41, 5.74) is 2.12. The van der Waals surface area contributed by atoms with E-state index in [-0.39, 0.29) is 0 Å². The first-order valence-electron chi connectivity index (χ1n) is 5.67. The lowest BCUT2D eigenvalue weighted by molar-refractivity contribution is 0.416. The van der Waals surface area contributed by atoms with Crippen LogP contribution >= 0.6 is 0 Å². The lowest BCUT2D eigenvalue weighted by Crippen LogP contribution is -2.02. The van der Waals surface area contributed by atoms with E-state index in [1.807, 2.05) is 29.0 Å². The van der Waals surface area contributed by atoms with Crippen LogP contribution in [0.2, 0.25) is 0 Å². The molecule has 0 aliphatic carbocycles. The molecule has 0 amide bonds. The molecule has 0 bridgehead atoms. The van der Waals surface area contributed by atoms with Gasteiger partial charge >= 0.3 is 0 Å². The molecule has 4 heteroatoms. The van der Waals surface area contributed by atoms with Crippen LogP contribution in [0.25, 0.3) is 0 Å². The molecule has 4 nitrogen and oxygen atoms in total. The fraction of sp³-hybridized carbons (Fsp3) is 0.308. The highest BCUT2D eigenvalue weighted by molar-refractivity contribution is 5.63. The lowest BCUT2D eigenvalue weighted by Gasteiger charge is -2.12. The van der Waals surface area contributed by atoms with Gasteiger partial charge in [0.1, 0.15) is 5.75 Å². The Hall–Kier alpha value is -1.97. The van der Waals surface area contributed by atoms with Gasteiger partial charge in [-0.3, -0.25) is 0 Å². The molecule has 0 atom stereocenters. The number of anilines is 2.